The van der Waals surface area contributed by atoms with Gasteiger partial charge in [-0.2, -0.15) is 0 Å². The molecule has 4 heterocycles. The number of nitrogens with zero attached hydrogens (tertiary/aromatic N) is 6. The Morgan fingerprint density at radius 2 is 2.06 bits per heavy atom. The molecule has 5 rings (SSSR count). The van der Waals surface area contributed by atoms with Gasteiger partial charge in [0.2, 0.25) is 5.78 Å². The molecule has 0 radical (unpaired) electrons. The lowest BCUT2D eigenvalue weighted by Gasteiger charge is -2.22. The zero-order valence-electron chi connectivity index (χ0n) is 18.3. The van der Waals surface area contributed by atoms with E-state index in [4.69, 9.17) is 10.5 Å². The predicted molar refractivity (Wildman–Crippen MR) is 124 cm³/mol. The van der Waals surface area contributed by atoms with Crippen molar-refractivity contribution < 1.29 is 13.9 Å². The Labute approximate surface area is 194 Å². The topological polar surface area (TPSA) is 112 Å². The number of nitrogens with two attached hydrogens (primary N) is 1. The lowest BCUT2D eigenvalue weighted by atomic mass is 10.0. The van der Waals surface area contributed by atoms with Gasteiger partial charge in [0.25, 0.3) is 11.8 Å². The summed E-state index contributed by atoms with van der Waals surface area (Å²) in [6.45, 7) is 9.45. The first kappa shape index (κ1) is 21.3. The molecule has 1 amide bonds. The number of anilines is 1. The maximum atomic E-state index is 14.2. The summed E-state index contributed by atoms with van der Waals surface area (Å²) < 4.78 is 21.9. The first-order valence-corrected chi connectivity index (χ1v) is 10.4. The Balaban J connectivity index is 1.80. The van der Waals surface area contributed by atoms with Gasteiger partial charge in [0, 0.05) is 35.3 Å². The van der Waals surface area contributed by atoms with E-state index in [9.17, 15) is 9.18 Å². The van der Waals surface area contributed by atoms with Gasteiger partial charge >= 0.3 is 0 Å². The van der Waals surface area contributed by atoms with Crippen molar-refractivity contribution in [3.63, 3.8) is 0 Å². The van der Waals surface area contributed by atoms with E-state index in [0.29, 0.717) is 34.0 Å². The second-order valence-corrected chi connectivity index (χ2v) is 7.72. The number of benzene rings is 1. The highest BCUT2D eigenvalue weighted by Crippen LogP contribution is 2.32. The zero-order valence-corrected chi connectivity index (χ0v) is 18.3. The lowest BCUT2D eigenvalue weighted by Crippen LogP contribution is -2.27. The van der Waals surface area contributed by atoms with Crippen LogP contribution in [0.1, 0.15) is 40.2 Å². The molecular formula is C24H20FN7O2. The van der Waals surface area contributed by atoms with Crippen molar-refractivity contribution in [2.75, 3.05) is 5.73 Å². The number of carbonyl (C=O) groups excluding carboxylic acids is 1. The molecule has 0 saturated heterocycles. The SMILES string of the molecule is C=Cc1cnc2nc3cn2c1-c1cnc(N)c(n1)O[C@H](C)c1cc(F)ccc1C(=O)N(C=C)C3. The summed E-state index contributed by atoms with van der Waals surface area (Å²) in [6, 6.07) is 3.90. The molecule has 4 aromatic rings. The number of fused-ring (bicyclic) bond motifs is 5. The summed E-state index contributed by atoms with van der Waals surface area (Å²) in [5.74, 6) is -0.392. The van der Waals surface area contributed by atoms with Gasteiger partial charge in [-0.25, -0.2) is 24.3 Å². The third kappa shape index (κ3) is 3.45. The van der Waals surface area contributed by atoms with Gasteiger partial charge in [0.1, 0.15) is 17.6 Å². The van der Waals surface area contributed by atoms with Crippen molar-refractivity contribution in [1.29, 1.82) is 0 Å². The fraction of sp³-hybridized carbons (Fsp3) is 0.125. The molecule has 10 heteroatoms. The monoisotopic (exact) mass is 457 g/mol. The average Bonchev–Trinajstić information content (AvgIpc) is 3.25. The first-order valence-electron chi connectivity index (χ1n) is 10.4. The Bertz CT molecular complexity index is 1480. The Morgan fingerprint density at radius 3 is 2.82 bits per heavy atom. The molecule has 0 aliphatic carbocycles. The zero-order chi connectivity index (χ0) is 24.0. The molecule has 1 aliphatic rings. The number of amides is 1. The normalized spacial score (nSPS) is 15.5. The molecule has 4 bridgehead atoms. The van der Waals surface area contributed by atoms with E-state index in [1.807, 2.05) is 0 Å². The molecule has 1 atom stereocenters. The van der Waals surface area contributed by atoms with E-state index in [0.717, 1.165) is 0 Å². The molecule has 34 heavy (non-hydrogen) atoms. The summed E-state index contributed by atoms with van der Waals surface area (Å²) in [6.07, 6.45) is 7.19. The molecule has 9 nitrogen and oxygen atoms in total. The van der Waals surface area contributed by atoms with Crippen LogP contribution in [0.25, 0.3) is 23.2 Å². The quantitative estimate of drug-likeness (QED) is 0.487. The number of rotatable bonds is 2. The summed E-state index contributed by atoms with van der Waals surface area (Å²) >= 11 is 0. The molecule has 170 valence electrons. The molecule has 1 aliphatic heterocycles. The van der Waals surface area contributed by atoms with E-state index in [2.05, 4.69) is 33.1 Å². The summed E-state index contributed by atoms with van der Waals surface area (Å²) in [5, 5.41) is 0. The van der Waals surface area contributed by atoms with Crippen LogP contribution in [-0.4, -0.2) is 35.1 Å². The van der Waals surface area contributed by atoms with Crippen molar-refractivity contribution in [3.05, 3.63) is 84.3 Å². The molecule has 3 aromatic heterocycles. The van der Waals surface area contributed by atoms with Crippen LogP contribution in [0.15, 0.2) is 56.1 Å². The number of halogens is 1. The van der Waals surface area contributed by atoms with Gasteiger partial charge in [0.05, 0.1) is 24.1 Å². The van der Waals surface area contributed by atoms with Crippen LogP contribution < -0.4 is 10.5 Å². The standard InChI is InChI=1S/C24H20FN7O2/c1-4-14-9-28-24-29-16-11-31(5-2)23(33)17-7-6-15(25)8-18(17)13(3)34-22-21(26)27-10-19(30-22)20(14)32(24)12-16/h4-10,12-13H,1-2,11H2,3H3,(H2,26,27)/t13-/m1/s1. The van der Waals surface area contributed by atoms with E-state index in [-0.39, 0.29) is 29.7 Å². The maximum absolute atomic E-state index is 14.2. The summed E-state index contributed by atoms with van der Waals surface area (Å²) in [5.41, 5.74) is 8.98. The van der Waals surface area contributed by atoms with Gasteiger partial charge in [-0.1, -0.05) is 19.2 Å². The molecule has 2 N–H and O–H groups in total. The number of ether oxygens (including phenoxy) is 1. The number of hydrogen-bond acceptors (Lipinski definition) is 7. The third-order valence-electron chi connectivity index (χ3n) is 5.58. The Kier molecular flexibility index (Phi) is 5.05. The minimum absolute atomic E-state index is 0.0469. The summed E-state index contributed by atoms with van der Waals surface area (Å²) in [4.78, 5) is 32.6. The minimum Gasteiger partial charge on any atom is -0.467 e. The maximum Gasteiger partial charge on any atom is 0.258 e. The van der Waals surface area contributed by atoms with Crippen molar-refractivity contribution in [2.24, 2.45) is 0 Å². The second kappa shape index (κ2) is 8.07. The van der Waals surface area contributed by atoms with Gasteiger partial charge in [0.15, 0.2) is 5.82 Å². The molecular weight excluding hydrogens is 437 g/mol. The van der Waals surface area contributed by atoms with Gasteiger partial charge in [-0.3, -0.25) is 9.20 Å². The lowest BCUT2D eigenvalue weighted by molar-refractivity contribution is 0.0807. The van der Waals surface area contributed by atoms with Crippen LogP contribution in [0.3, 0.4) is 0 Å². The van der Waals surface area contributed by atoms with Gasteiger partial charge < -0.3 is 15.4 Å². The Morgan fingerprint density at radius 1 is 1.24 bits per heavy atom. The average molecular weight is 457 g/mol. The van der Waals surface area contributed by atoms with Crippen molar-refractivity contribution in [2.45, 2.75) is 19.6 Å². The van der Waals surface area contributed by atoms with Crippen LogP contribution in [0, 0.1) is 5.82 Å². The molecule has 0 saturated carbocycles. The highest BCUT2D eigenvalue weighted by atomic mass is 19.1. The van der Waals surface area contributed by atoms with Crippen LogP contribution in [0.2, 0.25) is 0 Å². The molecule has 0 unspecified atom stereocenters. The number of aromatic nitrogens is 5. The van der Waals surface area contributed by atoms with Crippen molar-refractivity contribution >= 4 is 23.6 Å². The second-order valence-electron chi connectivity index (χ2n) is 7.72. The van der Waals surface area contributed by atoms with Crippen LogP contribution in [0.4, 0.5) is 10.2 Å². The van der Waals surface area contributed by atoms with E-state index in [1.165, 1.54) is 35.5 Å². The number of hydrogen-bond donors (Lipinski definition) is 1. The van der Waals surface area contributed by atoms with Gasteiger partial charge in [-0.15, -0.1) is 0 Å². The molecule has 1 aromatic carbocycles. The third-order valence-corrected chi connectivity index (χ3v) is 5.58. The highest BCUT2D eigenvalue weighted by Gasteiger charge is 2.25. The molecule has 0 fully saturated rings. The van der Waals surface area contributed by atoms with Crippen LogP contribution >= 0.6 is 0 Å². The molecule has 0 spiro atoms. The fourth-order valence-electron chi connectivity index (χ4n) is 3.92. The Hall–Kier alpha value is -4.60. The van der Waals surface area contributed by atoms with E-state index >= 15 is 0 Å². The summed E-state index contributed by atoms with van der Waals surface area (Å²) in [7, 11) is 0. The fourth-order valence-corrected chi connectivity index (χ4v) is 3.92. The first-order chi connectivity index (χ1) is 16.4. The predicted octanol–water partition coefficient (Wildman–Crippen LogP) is 3.79. The van der Waals surface area contributed by atoms with Crippen molar-refractivity contribution in [1.82, 2.24) is 29.2 Å². The highest BCUT2D eigenvalue weighted by molar-refractivity contribution is 5.96. The van der Waals surface area contributed by atoms with Gasteiger partial charge in [-0.05, 0) is 25.1 Å². The number of carbonyl (C=O) groups is 1. The largest absolute Gasteiger partial charge is 0.467 e. The van der Waals surface area contributed by atoms with Crippen molar-refractivity contribution in [3.8, 4) is 17.3 Å². The number of nitrogen functional groups attached to an aromatic ring is 1. The van der Waals surface area contributed by atoms with E-state index < -0.39 is 11.9 Å². The number of imidazole rings is 1. The minimum atomic E-state index is -0.764. The smallest absolute Gasteiger partial charge is 0.258 e. The van der Waals surface area contributed by atoms with E-state index in [1.54, 1.807) is 29.8 Å². The van der Waals surface area contributed by atoms with Crippen LogP contribution in [-0.2, 0) is 6.54 Å². The van der Waals surface area contributed by atoms with Crippen LogP contribution in [0.5, 0.6) is 5.88 Å².